The molecule has 0 saturated carbocycles. The second kappa shape index (κ2) is 14.5. The minimum absolute atomic E-state index is 0.157. The number of anilines is 3. The summed E-state index contributed by atoms with van der Waals surface area (Å²) >= 11 is -1.27. The molecule has 44 heavy (non-hydrogen) atoms. The van der Waals surface area contributed by atoms with E-state index >= 15 is 0 Å². The van der Waals surface area contributed by atoms with Crippen LogP contribution in [-0.4, -0.2) is 84.9 Å². The van der Waals surface area contributed by atoms with E-state index in [9.17, 15) is 28.5 Å². The van der Waals surface area contributed by atoms with Gasteiger partial charge in [0.05, 0.1) is 10.6 Å². The van der Waals surface area contributed by atoms with Gasteiger partial charge in [0.15, 0.2) is 11.5 Å². The van der Waals surface area contributed by atoms with Gasteiger partial charge < -0.3 is 19.9 Å². The third-order valence-electron chi connectivity index (χ3n) is 6.31. The molecule has 1 aliphatic heterocycles. The molecule has 0 radical (unpaired) electrons. The number of amides is 2. The Bertz CT molecular complexity index is 1500. The van der Waals surface area contributed by atoms with E-state index in [-0.39, 0.29) is 22.8 Å². The average molecular weight is 644 g/mol. The van der Waals surface area contributed by atoms with Gasteiger partial charge in [-0.1, -0.05) is 18.2 Å². The van der Waals surface area contributed by atoms with E-state index in [1.54, 1.807) is 43.5 Å². The topological polar surface area (TPSA) is 171 Å². The zero-order chi connectivity index (χ0) is 31.9. The van der Waals surface area contributed by atoms with Crippen molar-refractivity contribution in [1.29, 1.82) is 0 Å². The normalized spacial score (nSPS) is 14.1. The van der Waals surface area contributed by atoms with Gasteiger partial charge in [-0.3, -0.25) is 19.5 Å². The predicted molar refractivity (Wildman–Crippen MR) is 168 cm³/mol. The van der Waals surface area contributed by atoms with Crippen LogP contribution < -0.4 is 14.5 Å². The summed E-state index contributed by atoms with van der Waals surface area (Å²) in [5, 5.41) is 22.9. The Balaban J connectivity index is 1.41. The minimum Gasteiger partial charge on any atom is -0.444 e. The number of ether oxygens (including phenoxy) is 1. The van der Waals surface area contributed by atoms with Crippen molar-refractivity contribution >= 4 is 57.9 Å². The number of carbonyl (C=O) groups is 2. The van der Waals surface area contributed by atoms with Crippen LogP contribution in [-0.2, 0) is 16.0 Å². The van der Waals surface area contributed by atoms with Crippen LogP contribution in [0.1, 0.15) is 31.3 Å². The summed E-state index contributed by atoms with van der Waals surface area (Å²) in [6.45, 7) is 7.56. The van der Waals surface area contributed by atoms with Crippen LogP contribution in [0.3, 0.4) is 0 Å². The van der Waals surface area contributed by atoms with Crippen molar-refractivity contribution in [2.75, 3.05) is 53.0 Å². The summed E-state index contributed by atoms with van der Waals surface area (Å²) in [5.74, 6) is 0.134. The first-order chi connectivity index (χ1) is 20.9. The molecule has 2 aromatic carbocycles. The third kappa shape index (κ3) is 8.64. The summed E-state index contributed by atoms with van der Waals surface area (Å²) in [6, 6.07) is 16.4. The zero-order valence-corrected chi connectivity index (χ0v) is 26.0. The Labute approximate surface area is 261 Å². The zero-order valence-electron chi connectivity index (χ0n) is 24.4. The van der Waals surface area contributed by atoms with Crippen molar-refractivity contribution in [2.24, 2.45) is 0 Å². The number of thioether (sulfide) groups is 1. The maximum atomic E-state index is 13.2. The highest BCUT2D eigenvalue weighted by molar-refractivity contribution is 7.99. The maximum absolute atomic E-state index is 13.2. The second-order valence-electron chi connectivity index (χ2n) is 10.6. The number of nitro benzene ring substituents is 1. The van der Waals surface area contributed by atoms with Crippen LogP contribution in [0.5, 0.6) is 0 Å². The number of nitrogens with zero attached hydrogens (tertiary/aromatic N) is 6. The van der Waals surface area contributed by atoms with Gasteiger partial charge in [-0.25, -0.2) is 9.00 Å². The smallest absolute Gasteiger partial charge is 0.410 e. The van der Waals surface area contributed by atoms with E-state index in [0.29, 0.717) is 48.6 Å². The Morgan fingerprint density at radius 3 is 2.39 bits per heavy atom. The summed E-state index contributed by atoms with van der Waals surface area (Å²) in [4.78, 5) is 41.3. The number of nitro groups is 1. The van der Waals surface area contributed by atoms with E-state index in [1.807, 2.05) is 35.2 Å². The first-order valence-corrected chi connectivity index (χ1v) is 15.7. The highest BCUT2D eigenvalue weighted by Gasteiger charge is 2.29. The van der Waals surface area contributed by atoms with E-state index in [0.717, 1.165) is 11.0 Å². The van der Waals surface area contributed by atoms with E-state index in [1.165, 1.54) is 18.2 Å². The molecule has 0 aliphatic carbocycles. The van der Waals surface area contributed by atoms with Crippen molar-refractivity contribution in [3.05, 3.63) is 76.5 Å². The molecule has 3 aromatic rings. The minimum atomic E-state index is -2.86. The molecular weight excluding hydrogens is 610 g/mol. The molecule has 2 N–H and O–H groups in total. The number of aromatic nitrogens is 2. The molecular formula is C28H33N7O7S2. The van der Waals surface area contributed by atoms with Crippen LogP contribution in [0.2, 0.25) is 0 Å². The van der Waals surface area contributed by atoms with E-state index < -0.39 is 33.8 Å². The Morgan fingerprint density at radius 1 is 1.09 bits per heavy atom. The van der Waals surface area contributed by atoms with Gasteiger partial charge in [0, 0.05) is 49.4 Å². The van der Waals surface area contributed by atoms with Crippen molar-refractivity contribution in [3.8, 4) is 0 Å². The molecule has 1 atom stereocenters. The molecule has 4 rings (SSSR count). The number of hydrogen-bond acceptors (Lipinski definition) is 11. The largest absolute Gasteiger partial charge is 0.444 e. The van der Waals surface area contributed by atoms with Crippen molar-refractivity contribution in [3.63, 3.8) is 0 Å². The van der Waals surface area contributed by atoms with Gasteiger partial charge >= 0.3 is 6.09 Å². The SMILES string of the molecule is CC(C)(C)OC(=O)N1CCN(c2ccc(C(=O)N(c3ccc(NCCSc4ccccc4)c([N+](=O)[O-])c3)S(=O)O)nn2)CC1. The Hall–Kier alpha value is -4.28. The molecule has 1 unspecified atom stereocenters. The van der Waals surface area contributed by atoms with Gasteiger partial charge in [0.25, 0.3) is 22.9 Å². The first kappa shape index (κ1) is 32.6. The Kier molecular flexibility index (Phi) is 10.7. The van der Waals surface area contributed by atoms with Crippen LogP contribution in [0.15, 0.2) is 65.6 Å². The summed E-state index contributed by atoms with van der Waals surface area (Å²) in [5.41, 5.74) is -1.14. The molecule has 234 valence electrons. The van der Waals surface area contributed by atoms with Gasteiger partial charge in [-0.05, 0) is 57.2 Å². The first-order valence-electron chi connectivity index (χ1n) is 13.6. The summed E-state index contributed by atoms with van der Waals surface area (Å²) in [7, 11) is 0. The molecule has 16 heteroatoms. The van der Waals surface area contributed by atoms with Crippen LogP contribution in [0.25, 0.3) is 0 Å². The molecule has 2 heterocycles. The lowest BCUT2D eigenvalue weighted by Gasteiger charge is -2.35. The molecule has 1 aliphatic rings. The quantitative estimate of drug-likeness (QED) is 0.105. The molecule has 0 spiro atoms. The van der Waals surface area contributed by atoms with E-state index in [4.69, 9.17) is 4.74 Å². The van der Waals surface area contributed by atoms with E-state index in [2.05, 4.69) is 15.5 Å². The van der Waals surface area contributed by atoms with Crippen molar-refractivity contribution in [2.45, 2.75) is 31.3 Å². The lowest BCUT2D eigenvalue weighted by molar-refractivity contribution is -0.383. The molecule has 1 saturated heterocycles. The second-order valence-corrected chi connectivity index (χ2v) is 12.6. The lowest BCUT2D eigenvalue weighted by atomic mass is 10.2. The van der Waals surface area contributed by atoms with Gasteiger partial charge in [-0.15, -0.1) is 22.0 Å². The standard InChI is InChI=1S/C28H33N7O7S2/c1-28(2,3)42-27(37)33-16-14-32(15-17-33)25-12-11-23(30-31-25)26(36)34(44(40)41)20-9-10-22(24(19-20)35(38)39)29-13-18-43-21-7-5-4-6-8-21/h4-12,19,29H,13-18H2,1-3H3,(H,40,41). The van der Waals surface area contributed by atoms with Gasteiger partial charge in [-0.2, -0.15) is 4.31 Å². The van der Waals surface area contributed by atoms with Gasteiger partial charge in [0.1, 0.15) is 11.3 Å². The lowest BCUT2D eigenvalue weighted by Crippen LogP contribution is -2.50. The number of benzene rings is 2. The van der Waals surface area contributed by atoms with Crippen LogP contribution in [0, 0.1) is 10.1 Å². The monoisotopic (exact) mass is 643 g/mol. The highest BCUT2D eigenvalue weighted by atomic mass is 32.2. The molecule has 1 aromatic heterocycles. The number of carbonyl (C=O) groups excluding carboxylic acids is 2. The molecule has 1 fully saturated rings. The summed E-state index contributed by atoms with van der Waals surface area (Å²) in [6.07, 6.45) is -0.396. The van der Waals surface area contributed by atoms with Crippen molar-refractivity contribution < 1.29 is 28.0 Å². The van der Waals surface area contributed by atoms with Crippen molar-refractivity contribution in [1.82, 2.24) is 15.1 Å². The molecule has 2 amide bonds. The number of nitrogens with one attached hydrogen (secondary N) is 1. The third-order valence-corrected chi connectivity index (χ3v) is 8.01. The Morgan fingerprint density at radius 2 is 1.80 bits per heavy atom. The fourth-order valence-electron chi connectivity index (χ4n) is 4.25. The van der Waals surface area contributed by atoms with Gasteiger partial charge in [0.2, 0.25) is 0 Å². The number of rotatable bonds is 10. The number of piperazine rings is 1. The molecule has 0 bridgehead atoms. The summed E-state index contributed by atoms with van der Waals surface area (Å²) < 4.78 is 28.1. The predicted octanol–water partition coefficient (Wildman–Crippen LogP) is 4.43. The average Bonchev–Trinajstić information content (AvgIpc) is 2.99. The highest BCUT2D eigenvalue weighted by Crippen LogP contribution is 2.31. The number of hydrogen-bond donors (Lipinski definition) is 2. The fourth-order valence-corrected chi connectivity index (χ4v) is 5.57. The molecule has 14 nitrogen and oxygen atoms in total. The van der Waals surface area contributed by atoms with Crippen LogP contribution >= 0.6 is 11.8 Å². The maximum Gasteiger partial charge on any atom is 0.410 e. The van der Waals surface area contributed by atoms with Crippen LogP contribution in [0.4, 0.5) is 27.7 Å². The fraction of sp³-hybridized carbons (Fsp3) is 0.357.